The van der Waals surface area contributed by atoms with Crippen molar-refractivity contribution in [1.29, 1.82) is 0 Å². The van der Waals surface area contributed by atoms with E-state index in [-0.39, 0.29) is 25.0 Å². The zero-order chi connectivity index (χ0) is 23.1. The molecule has 0 unspecified atom stereocenters. The van der Waals surface area contributed by atoms with Gasteiger partial charge < -0.3 is 18.9 Å². The normalized spacial score (nSPS) is 13.2. The summed E-state index contributed by atoms with van der Waals surface area (Å²) in [6, 6.07) is 0. The van der Waals surface area contributed by atoms with Crippen LogP contribution in [-0.4, -0.2) is 49.3 Å². The number of hydrogen-bond donors (Lipinski definition) is 0. The molecule has 8 nitrogen and oxygen atoms in total. The van der Waals surface area contributed by atoms with Crippen LogP contribution in [0, 0.1) is 11.8 Å². The second-order valence-electron chi connectivity index (χ2n) is 7.12. The van der Waals surface area contributed by atoms with E-state index in [1.54, 1.807) is 0 Å². The molecule has 0 rings (SSSR count). The van der Waals surface area contributed by atoms with Crippen LogP contribution in [0.25, 0.3) is 0 Å². The number of rotatable bonds is 14. The Balaban J connectivity index is 4.37. The third kappa shape index (κ3) is 11.6. The second kappa shape index (κ2) is 15.5. The quantitative estimate of drug-likeness (QED) is 0.236. The van der Waals surface area contributed by atoms with Crippen LogP contribution in [0.2, 0.25) is 0 Å². The van der Waals surface area contributed by atoms with Gasteiger partial charge in [-0.3, -0.25) is 0 Å². The van der Waals surface area contributed by atoms with Gasteiger partial charge in [-0.2, -0.15) is 0 Å². The van der Waals surface area contributed by atoms with Gasteiger partial charge in [-0.1, -0.05) is 53.4 Å². The number of ether oxygens (including phenoxy) is 4. The minimum Gasteiger partial charge on any atom is -0.463 e. The Bertz CT molecular complexity index is 526. The highest BCUT2D eigenvalue weighted by Gasteiger charge is 2.21. The van der Waals surface area contributed by atoms with Crippen LogP contribution in [-0.2, 0) is 38.1 Å². The smallest absolute Gasteiger partial charge is 0.347 e. The zero-order valence-electron chi connectivity index (χ0n) is 19.0. The topological polar surface area (TPSA) is 105 Å². The van der Waals surface area contributed by atoms with Gasteiger partial charge in [0.1, 0.15) is 0 Å². The van der Waals surface area contributed by atoms with Crippen molar-refractivity contribution in [3.8, 4) is 0 Å². The van der Waals surface area contributed by atoms with E-state index >= 15 is 0 Å². The first-order chi connectivity index (χ1) is 14.2. The maximum Gasteiger partial charge on any atom is 0.347 e. The second-order valence-corrected chi connectivity index (χ2v) is 7.12. The molecule has 0 aliphatic rings. The maximum atomic E-state index is 11.9. The molecular formula is C22H36O8. The lowest BCUT2D eigenvalue weighted by molar-refractivity contribution is -0.165. The van der Waals surface area contributed by atoms with Gasteiger partial charge in [-0.15, -0.1) is 0 Å². The van der Waals surface area contributed by atoms with Crippen molar-refractivity contribution in [2.75, 3.05) is 13.2 Å². The van der Waals surface area contributed by atoms with Gasteiger partial charge in [-0.25, -0.2) is 19.2 Å². The van der Waals surface area contributed by atoms with Crippen LogP contribution in [0.4, 0.5) is 0 Å². The standard InChI is InChI=1S/C22H36O8/c1-7-17(8-2)13-27-21(25)15(5)29-19(23)11-12-20(24)30-16(6)22(26)28-14-18(9-3)10-4/h11-12,15-18H,7-10,13-14H2,1-6H3/b12-11-/t15-,16+. The molecule has 0 aliphatic heterocycles. The van der Waals surface area contributed by atoms with Crippen LogP contribution < -0.4 is 0 Å². The molecule has 0 aromatic heterocycles. The van der Waals surface area contributed by atoms with Crippen LogP contribution >= 0.6 is 0 Å². The lowest BCUT2D eigenvalue weighted by Gasteiger charge is -2.16. The fourth-order valence-electron chi connectivity index (χ4n) is 2.34. The van der Waals surface area contributed by atoms with Gasteiger partial charge in [-0.05, 0) is 25.7 Å². The lowest BCUT2D eigenvalue weighted by atomic mass is 10.1. The molecule has 30 heavy (non-hydrogen) atoms. The average Bonchev–Trinajstić information content (AvgIpc) is 2.73. The Morgan fingerprint density at radius 3 is 1.20 bits per heavy atom. The summed E-state index contributed by atoms with van der Waals surface area (Å²) in [5.74, 6) is -2.59. The molecule has 0 radical (unpaired) electrons. The first-order valence-electron chi connectivity index (χ1n) is 10.6. The minimum absolute atomic E-state index is 0.259. The van der Waals surface area contributed by atoms with E-state index in [9.17, 15) is 19.2 Å². The summed E-state index contributed by atoms with van der Waals surface area (Å²) in [5, 5.41) is 0. The third-order valence-electron chi connectivity index (χ3n) is 4.84. The molecule has 0 bridgehead atoms. The van der Waals surface area contributed by atoms with E-state index in [1.807, 2.05) is 27.7 Å². The third-order valence-corrected chi connectivity index (χ3v) is 4.84. The van der Waals surface area contributed by atoms with Crippen molar-refractivity contribution in [2.24, 2.45) is 11.8 Å². The predicted molar refractivity (Wildman–Crippen MR) is 110 cm³/mol. The van der Waals surface area contributed by atoms with E-state index < -0.39 is 36.1 Å². The van der Waals surface area contributed by atoms with Crippen molar-refractivity contribution < 1.29 is 38.1 Å². The lowest BCUT2D eigenvalue weighted by Crippen LogP contribution is -2.28. The van der Waals surface area contributed by atoms with Crippen molar-refractivity contribution in [3.05, 3.63) is 12.2 Å². The Morgan fingerprint density at radius 2 is 0.933 bits per heavy atom. The number of carbonyl (C=O) groups excluding carboxylic acids is 4. The summed E-state index contributed by atoms with van der Waals surface area (Å²) >= 11 is 0. The van der Waals surface area contributed by atoms with Crippen LogP contribution in [0.15, 0.2) is 12.2 Å². The molecule has 2 atom stereocenters. The molecule has 0 aliphatic carbocycles. The fraction of sp³-hybridized carbons (Fsp3) is 0.727. The van der Waals surface area contributed by atoms with Gasteiger partial charge in [0.05, 0.1) is 13.2 Å². The SMILES string of the molecule is CCC(CC)COC(=O)[C@H](C)OC(=O)/C=C\C(=O)O[C@H](C)C(=O)OCC(CC)CC. The monoisotopic (exact) mass is 428 g/mol. The van der Waals surface area contributed by atoms with Gasteiger partial charge in [0, 0.05) is 12.2 Å². The molecular weight excluding hydrogens is 392 g/mol. The Morgan fingerprint density at radius 1 is 0.633 bits per heavy atom. The molecule has 0 saturated carbocycles. The zero-order valence-corrected chi connectivity index (χ0v) is 19.0. The van der Waals surface area contributed by atoms with E-state index in [4.69, 9.17) is 18.9 Å². The molecule has 0 aromatic carbocycles. The van der Waals surface area contributed by atoms with Crippen molar-refractivity contribution in [3.63, 3.8) is 0 Å². The predicted octanol–water partition coefficient (Wildman–Crippen LogP) is 3.36. The van der Waals surface area contributed by atoms with Crippen molar-refractivity contribution in [2.45, 2.75) is 79.4 Å². The molecule has 0 heterocycles. The highest BCUT2D eigenvalue weighted by molar-refractivity contribution is 5.93. The molecule has 0 fully saturated rings. The van der Waals surface area contributed by atoms with E-state index in [1.165, 1.54) is 13.8 Å². The highest BCUT2D eigenvalue weighted by Crippen LogP contribution is 2.10. The summed E-state index contributed by atoms with van der Waals surface area (Å²) in [7, 11) is 0. The van der Waals surface area contributed by atoms with Gasteiger partial charge in [0.2, 0.25) is 0 Å². The van der Waals surface area contributed by atoms with Crippen LogP contribution in [0.5, 0.6) is 0 Å². The summed E-state index contributed by atoms with van der Waals surface area (Å²) in [4.78, 5) is 47.2. The van der Waals surface area contributed by atoms with E-state index in [2.05, 4.69) is 0 Å². The van der Waals surface area contributed by atoms with E-state index in [0.29, 0.717) is 0 Å². The minimum atomic E-state index is -1.11. The highest BCUT2D eigenvalue weighted by atomic mass is 16.6. The summed E-state index contributed by atoms with van der Waals surface area (Å²) in [6.07, 6.45) is 2.97. The van der Waals surface area contributed by atoms with Crippen molar-refractivity contribution in [1.82, 2.24) is 0 Å². The molecule has 0 aromatic rings. The van der Waals surface area contributed by atoms with Crippen LogP contribution in [0.1, 0.15) is 67.2 Å². The summed E-state index contributed by atoms with van der Waals surface area (Å²) < 4.78 is 20.1. The molecule has 172 valence electrons. The van der Waals surface area contributed by atoms with Gasteiger partial charge in [0.15, 0.2) is 12.2 Å². The molecule has 8 heteroatoms. The van der Waals surface area contributed by atoms with Gasteiger partial charge in [0.25, 0.3) is 0 Å². The Kier molecular flexibility index (Phi) is 14.2. The molecule has 0 amide bonds. The maximum absolute atomic E-state index is 11.9. The molecule has 0 N–H and O–H groups in total. The van der Waals surface area contributed by atoms with Crippen LogP contribution in [0.3, 0.4) is 0 Å². The average molecular weight is 429 g/mol. The largest absolute Gasteiger partial charge is 0.463 e. The fourth-order valence-corrected chi connectivity index (χ4v) is 2.34. The Hall–Kier alpha value is -2.38. The van der Waals surface area contributed by atoms with Crippen molar-refractivity contribution >= 4 is 23.9 Å². The molecule has 0 spiro atoms. The first-order valence-corrected chi connectivity index (χ1v) is 10.6. The van der Waals surface area contributed by atoms with Gasteiger partial charge >= 0.3 is 23.9 Å². The number of carbonyl (C=O) groups is 4. The number of hydrogen-bond acceptors (Lipinski definition) is 8. The first kappa shape index (κ1) is 27.6. The Labute approximate surface area is 179 Å². The summed E-state index contributed by atoms with van der Waals surface area (Å²) in [6.45, 7) is 11.3. The summed E-state index contributed by atoms with van der Waals surface area (Å²) in [5.41, 5.74) is 0. The van der Waals surface area contributed by atoms with E-state index in [0.717, 1.165) is 37.8 Å². The number of esters is 4. The molecule has 0 saturated heterocycles.